The van der Waals surface area contributed by atoms with E-state index in [2.05, 4.69) is 34.6 Å². The normalized spacial score (nSPS) is 12.2. The number of amides is 2. The van der Waals surface area contributed by atoms with Gasteiger partial charge in [-0.3, -0.25) is 4.57 Å². The highest BCUT2D eigenvalue weighted by molar-refractivity contribution is 5.79. The quantitative estimate of drug-likeness (QED) is 0.265. The van der Waals surface area contributed by atoms with Gasteiger partial charge in [0.15, 0.2) is 0 Å². The van der Waals surface area contributed by atoms with Gasteiger partial charge in [-0.05, 0) is 35.1 Å². The standard InChI is InChI=1S/C29H36N4O6/c34-28(33-14-12-30-22-33)31-11-5-15-37-17-19-39-20-18-38-16-6-13-32(29(35)36)21-27-25-9-3-1-7-23(25)24-8-2-4-10-26(24)27/h1-4,7-10,12,14,22,27H,5-6,11,13,15-21H2,(H,31,34)(H,35,36). The van der Waals surface area contributed by atoms with Crippen LogP contribution in [0, 0.1) is 0 Å². The molecule has 3 aromatic rings. The molecule has 0 spiro atoms. The molecule has 0 saturated heterocycles. The highest BCUT2D eigenvalue weighted by atomic mass is 16.5. The predicted molar refractivity (Wildman–Crippen MR) is 146 cm³/mol. The van der Waals surface area contributed by atoms with Gasteiger partial charge in [-0.25, -0.2) is 14.6 Å². The molecular weight excluding hydrogens is 500 g/mol. The van der Waals surface area contributed by atoms with Gasteiger partial charge in [-0.2, -0.15) is 0 Å². The number of fused-ring (bicyclic) bond motifs is 3. The van der Waals surface area contributed by atoms with Crippen molar-refractivity contribution in [2.24, 2.45) is 0 Å². The molecule has 0 saturated carbocycles. The summed E-state index contributed by atoms with van der Waals surface area (Å²) in [5.74, 6) is 0.0334. The number of hydrogen-bond acceptors (Lipinski definition) is 6. The molecule has 0 fully saturated rings. The lowest BCUT2D eigenvalue weighted by atomic mass is 9.96. The number of carbonyl (C=O) groups excluding carboxylic acids is 1. The average Bonchev–Trinajstić information content (AvgIpc) is 3.60. The van der Waals surface area contributed by atoms with Crippen molar-refractivity contribution in [1.29, 1.82) is 0 Å². The van der Waals surface area contributed by atoms with E-state index in [-0.39, 0.29) is 11.9 Å². The summed E-state index contributed by atoms with van der Waals surface area (Å²) in [6, 6.07) is 16.3. The van der Waals surface area contributed by atoms with Crippen molar-refractivity contribution >= 4 is 12.1 Å². The van der Waals surface area contributed by atoms with E-state index in [1.165, 1.54) is 38.0 Å². The van der Waals surface area contributed by atoms with E-state index in [4.69, 9.17) is 14.2 Å². The fourth-order valence-electron chi connectivity index (χ4n) is 4.68. The van der Waals surface area contributed by atoms with Crippen molar-refractivity contribution in [2.75, 3.05) is 59.3 Å². The van der Waals surface area contributed by atoms with E-state index in [1.807, 2.05) is 24.3 Å². The number of benzene rings is 2. The van der Waals surface area contributed by atoms with Crippen LogP contribution in [0.5, 0.6) is 0 Å². The van der Waals surface area contributed by atoms with E-state index in [1.54, 1.807) is 12.4 Å². The molecule has 0 aliphatic heterocycles. The zero-order valence-corrected chi connectivity index (χ0v) is 22.0. The molecule has 0 unspecified atom stereocenters. The van der Waals surface area contributed by atoms with Gasteiger partial charge in [0.25, 0.3) is 0 Å². The Morgan fingerprint density at radius 1 is 0.872 bits per heavy atom. The Hall–Kier alpha value is -3.73. The number of rotatable bonds is 16. The first-order chi connectivity index (χ1) is 19.1. The molecule has 1 aliphatic rings. The average molecular weight is 537 g/mol. The van der Waals surface area contributed by atoms with Gasteiger partial charge >= 0.3 is 12.1 Å². The SMILES string of the molecule is O=C(O)N(CCCOCCOCCOCCCNC(=O)n1ccnc1)CC1c2ccccc2-c2ccccc21. The Kier molecular flexibility index (Phi) is 10.9. The fourth-order valence-corrected chi connectivity index (χ4v) is 4.68. The number of ether oxygens (including phenoxy) is 3. The molecule has 2 aromatic carbocycles. The molecule has 10 nitrogen and oxygen atoms in total. The molecule has 208 valence electrons. The summed E-state index contributed by atoms with van der Waals surface area (Å²) in [6.45, 7) is 4.16. The van der Waals surface area contributed by atoms with Gasteiger partial charge in [0.05, 0.1) is 26.4 Å². The highest BCUT2D eigenvalue weighted by Gasteiger charge is 2.30. The van der Waals surface area contributed by atoms with Gasteiger partial charge in [0.2, 0.25) is 0 Å². The molecule has 0 atom stereocenters. The van der Waals surface area contributed by atoms with Crippen molar-refractivity contribution in [2.45, 2.75) is 18.8 Å². The Morgan fingerprint density at radius 3 is 2.05 bits per heavy atom. The summed E-state index contributed by atoms with van der Waals surface area (Å²) in [4.78, 5) is 29.0. The Bertz CT molecular complexity index is 1140. The number of carbonyl (C=O) groups is 2. The minimum Gasteiger partial charge on any atom is -0.465 e. The lowest BCUT2D eigenvalue weighted by Gasteiger charge is -2.24. The molecule has 1 heterocycles. The summed E-state index contributed by atoms with van der Waals surface area (Å²) < 4.78 is 18.0. The van der Waals surface area contributed by atoms with Gasteiger partial charge < -0.3 is 29.5 Å². The summed E-state index contributed by atoms with van der Waals surface area (Å²) in [7, 11) is 0. The van der Waals surface area contributed by atoms with Crippen LogP contribution in [0.4, 0.5) is 9.59 Å². The second-order valence-electron chi connectivity index (χ2n) is 9.20. The molecule has 39 heavy (non-hydrogen) atoms. The summed E-state index contributed by atoms with van der Waals surface area (Å²) in [5.41, 5.74) is 4.74. The minimum absolute atomic E-state index is 0.0334. The number of aromatic nitrogens is 2. The van der Waals surface area contributed by atoms with E-state index < -0.39 is 6.09 Å². The minimum atomic E-state index is -0.916. The van der Waals surface area contributed by atoms with Crippen LogP contribution in [0.2, 0.25) is 0 Å². The van der Waals surface area contributed by atoms with Crippen LogP contribution in [-0.4, -0.2) is 91.0 Å². The van der Waals surface area contributed by atoms with Crippen molar-refractivity contribution in [3.05, 3.63) is 78.4 Å². The molecule has 4 rings (SSSR count). The second-order valence-corrected chi connectivity index (χ2v) is 9.20. The van der Waals surface area contributed by atoms with Crippen molar-refractivity contribution in [3.63, 3.8) is 0 Å². The summed E-state index contributed by atoms with van der Waals surface area (Å²) in [6.07, 6.45) is 5.00. The first-order valence-corrected chi connectivity index (χ1v) is 13.3. The van der Waals surface area contributed by atoms with E-state index in [9.17, 15) is 14.7 Å². The van der Waals surface area contributed by atoms with Gasteiger partial charge in [0.1, 0.15) is 6.33 Å². The maximum absolute atomic E-state index is 12.0. The molecule has 0 radical (unpaired) electrons. The number of hydrogen-bond donors (Lipinski definition) is 2. The van der Waals surface area contributed by atoms with Crippen LogP contribution in [0.15, 0.2) is 67.3 Å². The maximum atomic E-state index is 12.0. The van der Waals surface area contributed by atoms with Gasteiger partial charge in [0, 0.05) is 51.2 Å². The van der Waals surface area contributed by atoms with Crippen molar-refractivity contribution in [3.8, 4) is 11.1 Å². The molecule has 1 aromatic heterocycles. The van der Waals surface area contributed by atoms with Gasteiger partial charge in [-0.15, -0.1) is 0 Å². The predicted octanol–water partition coefficient (Wildman–Crippen LogP) is 4.06. The first kappa shape index (κ1) is 28.3. The third kappa shape index (κ3) is 8.13. The topological polar surface area (TPSA) is 115 Å². The van der Waals surface area contributed by atoms with Crippen LogP contribution < -0.4 is 5.32 Å². The number of imidazole rings is 1. The Balaban J connectivity index is 1.03. The number of nitrogens with one attached hydrogen (secondary N) is 1. The maximum Gasteiger partial charge on any atom is 0.407 e. The molecule has 10 heteroatoms. The van der Waals surface area contributed by atoms with Crippen molar-refractivity contribution < 1.29 is 28.9 Å². The van der Waals surface area contributed by atoms with Crippen molar-refractivity contribution in [1.82, 2.24) is 19.8 Å². The van der Waals surface area contributed by atoms with Crippen LogP contribution in [0.1, 0.15) is 29.9 Å². The smallest absolute Gasteiger partial charge is 0.407 e. The molecular formula is C29H36N4O6. The highest BCUT2D eigenvalue weighted by Crippen LogP contribution is 2.44. The van der Waals surface area contributed by atoms with Crippen LogP contribution in [0.3, 0.4) is 0 Å². The molecule has 0 bridgehead atoms. The first-order valence-electron chi connectivity index (χ1n) is 13.3. The molecule has 1 aliphatic carbocycles. The largest absolute Gasteiger partial charge is 0.465 e. The van der Waals surface area contributed by atoms with Gasteiger partial charge in [-0.1, -0.05) is 48.5 Å². The Morgan fingerprint density at radius 2 is 1.46 bits per heavy atom. The zero-order valence-electron chi connectivity index (χ0n) is 22.0. The zero-order chi connectivity index (χ0) is 27.3. The third-order valence-electron chi connectivity index (χ3n) is 6.58. The fraction of sp³-hybridized carbons (Fsp3) is 0.414. The third-order valence-corrected chi connectivity index (χ3v) is 6.58. The Labute approximate surface area is 228 Å². The second kappa shape index (κ2) is 15.0. The lowest BCUT2D eigenvalue weighted by Crippen LogP contribution is -2.34. The lowest BCUT2D eigenvalue weighted by molar-refractivity contribution is 0.0129. The molecule has 2 amide bonds. The molecule has 2 N–H and O–H groups in total. The van der Waals surface area contributed by atoms with Crippen LogP contribution in [0.25, 0.3) is 11.1 Å². The summed E-state index contributed by atoms with van der Waals surface area (Å²) in [5, 5.41) is 12.6. The van der Waals surface area contributed by atoms with E-state index in [0.717, 1.165) is 0 Å². The monoisotopic (exact) mass is 536 g/mol. The van der Waals surface area contributed by atoms with Crippen LogP contribution >= 0.6 is 0 Å². The van der Waals surface area contributed by atoms with E-state index >= 15 is 0 Å². The number of nitrogens with zero attached hydrogens (tertiary/aromatic N) is 3. The van der Waals surface area contributed by atoms with Crippen LogP contribution in [-0.2, 0) is 14.2 Å². The summed E-state index contributed by atoms with van der Waals surface area (Å²) >= 11 is 0. The van der Waals surface area contributed by atoms with E-state index in [0.29, 0.717) is 72.1 Å². The number of carboxylic acid groups (broad SMARTS) is 1.